The van der Waals surface area contributed by atoms with E-state index in [1.54, 1.807) is 35.5 Å². The summed E-state index contributed by atoms with van der Waals surface area (Å²) >= 11 is 6.55. The number of rotatable bonds is 2. The fourth-order valence-electron chi connectivity index (χ4n) is 5.23. The van der Waals surface area contributed by atoms with Crippen molar-refractivity contribution in [2.24, 2.45) is 10.5 Å². The van der Waals surface area contributed by atoms with Crippen LogP contribution < -0.4 is 0 Å². The van der Waals surface area contributed by atoms with Crippen LogP contribution in [0, 0.1) is 5.41 Å². The second-order valence-corrected chi connectivity index (χ2v) is 9.17. The van der Waals surface area contributed by atoms with Crippen LogP contribution in [0.15, 0.2) is 53.6 Å². The lowest BCUT2D eigenvalue weighted by Crippen LogP contribution is -2.58. The number of hydrogen-bond donors (Lipinski definition) is 0. The Balaban J connectivity index is 1.85. The van der Waals surface area contributed by atoms with E-state index in [0.717, 1.165) is 5.56 Å². The van der Waals surface area contributed by atoms with Crippen molar-refractivity contribution >= 4 is 35.5 Å². The number of nitrogens with zero attached hydrogens (tertiary/aromatic N) is 2. The van der Waals surface area contributed by atoms with Crippen molar-refractivity contribution in [1.82, 2.24) is 5.01 Å². The molecule has 1 spiro atoms. The molecular formula is C24H21ClN2O5. The minimum atomic E-state index is -1.87. The summed E-state index contributed by atoms with van der Waals surface area (Å²) in [6.45, 7) is 4.43. The van der Waals surface area contributed by atoms with Crippen molar-refractivity contribution in [3.05, 3.63) is 70.2 Å². The summed E-state index contributed by atoms with van der Waals surface area (Å²) in [7, 11) is 0. The van der Waals surface area contributed by atoms with Gasteiger partial charge in [0, 0.05) is 24.8 Å². The van der Waals surface area contributed by atoms with Gasteiger partial charge in [-0.15, -0.1) is 0 Å². The van der Waals surface area contributed by atoms with Crippen LogP contribution in [-0.2, 0) is 23.9 Å². The van der Waals surface area contributed by atoms with Crippen LogP contribution in [0.5, 0.6) is 0 Å². The highest BCUT2D eigenvalue weighted by molar-refractivity contribution is 6.31. The molecule has 5 rings (SSSR count). The number of benzene rings is 2. The zero-order valence-electron chi connectivity index (χ0n) is 17.7. The number of ketones is 1. The third-order valence-electron chi connectivity index (χ3n) is 6.42. The van der Waals surface area contributed by atoms with Gasteiger partial charge < -0.3 is 9.47 Å². The largest absolute Gasteiger partial charge is 0.422 e. The Morgan fingerprint density at radius 2 is 1.59 bits per heavy atom. The first kappa shape index (κ1) is 20.7. The number of halogens is 1. The maximum atomic E-state index is 13.8. The number of hydrogen-bond acceptors (Lipinski definition) is 7. The van der Waals surface area contributed by atoms with Gasteiger partial charge in [0.05, 0.1) is 6.21 Å². The summed E-state index contributed by atoms with van der Waals surface area (Å²) in [5.41, 5.74) is 0.0627. The van der Waals surface area contributed by atoms with Gasteiger partial charge in [-0.2, -0.15) is 5.10 Å². The van der Waals surface area contributed by atoms with Crippen LogP contribution in [0.4, 0.5) is 0 Å². The minimum absolute atomic E-state index is 0.251. The fraction of sp³-hybridized carbons (Fsp3) is 0.333. The average Bonchev–Trinajstić information content (AvgIpc) is 3.05. The molecule has 164 valence electrons. The first-order chi connectivity index (χ1) is 15.2. The molecule has 0 bridgehead atoms. The molecule has 2 aromatic rings. The third-order valence-corrected chi connectivity index (χ3v) is 6.76. The van der Waals surface area contributed by atoms with Crippen molar-refractivity contribution in [2.75, 3.05) is 0 Å². The maximum Gasteiger partial charge on any atom is 0.330 e. The van der Waals surface area contributed by atoms with Gasteiger partial charge in [0.2, 0.25) is 5.41 Å². The van der Waals surface area contributed by atoms with Gasteiger partial charge in [0.15, 0.2) is 5.78 Å². The molecule has 3 aliphatic rings. The standard InChI is InChI=1S/C24H21ClN2O5/c1-13(28)19-18(16-10-6-7-11-17(16)25)24(21(29)31-23(2,3)32-22(24)30)20-15-9-5-4-8-14(15)12-26-27(19)20/h4-12,18-20H,1-3H3. The number of carbonyl (C=O) groups excluding carboxylic acids is 3. The van der Waals surface area contributed by atoms with E-state index in [0.29, 0.717) is 16.1 Å². The lowest BCUT2D eigenvalue weighted by atomic mass is 9.65. The van der Waals surface area contributed by atoms with Crippen molar-refractivity contribution < 1.29 is 23.9 Å². The quantitative estimate of drug-likeness (QED) is 0.511. The molecule has 2 aromatic carbocycles. The van der Waals surface area contributed by atoms with Gasteiger partial charge in [-0.1, -0.05) is 54.1 Å². The van der Waals surface area contributed by atoms with Crippen molar-refractivity contribution in [3.63, 3.8) is 0 Å². The molecule has 7 nitrogen and oxygen atoms in total. The van der Waals surface area contributed by atoms with E-state index in [1.165, 1.54) is 20.8 Å². The Labute approximate surface area is 189 Å². The number of cyclic esters (lactones) is 2. The van der Waals surface area contributed by atoms with Crippen molar-refractivity contribution in [2.45, 2.75) is 44.6 Å². The van der Waals surface area contributed by atoms with Crippen molar-refractivity contribution in [3.8, 4) is 0 Å². The number of esters is 2. The predicted molar refractivity (Wildman–Crippen MR) is 116 cm³/mol. The van der Waals surface area contributed by atoms with E-state index < -0.39 is 41.1 Å². The van der Waals surface area contributed by atoms with Gasteiger partial charge in [0.1, 0.15) is 12.1 Å². The van der Waals surface area contributed by atoms with Gasteiger partial charge in [0.25, 0.3) is 5.79 Å². The van der Waals surface area contributed by atoms with Gasteiger partial charge >= 0.3 is 11.9 Å². The summed E-state index contributed by atoms with van der Waals surface area (Å²) in [4.78, 5) is 40.6. The number of carbonyl (C=O) groups is 3. The van der Waals surface area contributed by atoms with Crippen LogP contribution in [0.2, 0.25) is 5.02 Å². The molecule has 8 heteroatoms. The number of ether oxygens (including phenoxy) is 2. The normalized spacial score (nSPS) is 26.9. The lowest BCUT2D eigenvalue weighted by molar-refractivity contribution is -0.254. The molecule has 0 N–H and O–H groups in total. The van der Waals surface area contributed by atoms with E-state index in [4.69, 9.17) is 21.1 Å². The maximum absolute atomic E-state index is 13.8. The van der Waals surface area contributed by atoms with Crippen molar-refractivity contribution in [1.29, 1.82) is 0 Å². The summed E-state index contributed by atoms with van der Waals surface area (Å²) in [5, 5.41) is 6.40. The lowest BCUT2D eigenvalue weighted by Gasteiger charge is -2.44. The van der Waals surface area contributed by atoms with Gasteiger partial charge in [-0.05, 0) is 29.7 Å². The zero-order valence-corrected chi connectivity index (χ0v) is 18.5. The van der Waals surface area contributed by atoms with Crippen LogP contribution >= 0.6 is 11.6 Å². The second-order valence-electron chi connectivity index (χ2n) is 8.76. The monoisotopic (exact) mass is 452 g/mol. The molecule has 0 aliphatic carbocycles. The highest BCUT2D eigenvalue weighted by Crippen LogP contribution is 2.63. The summed E-state index contributed by atoms with van der Waals surface area (Å²) in [6.07, 6.45) is 1.63. The molecule has 2 fully saturated rings. The van der Waals surface area contributed by atoms with Crippen LogP contribution in [0.3, 0.4) is 0 Å². The van der Waals surface area contributed by atoms with Gasteiger partial charge in [-0.3, -0.25) is 19.4 Å². The third kappa shape index (κ3) is 2.67. The highest BCUT2D eigenvalue weighted by atomic mass is 35.5. The Hall–Kier alpha value is -3.19. The molecule has 0 amide bonds. The fourth-order valence-corrected chi connectivity index (χ4v) is 5.49. The topological polar surface area (TPSA) is 85.3 Å². The molecular weight excluding hydrogens is 432 g/mol. The van der Waals surface area contributed by atoms with E-state index in [1.807, 2.05) is 24.3 Å². The summed E-state index contributed by atoms with van der Waals surface area (Å²) in [6, 6.07) is 12.4. The smallest absolute Gasteiger partial charge is 0.330 e. The molecule has 3 heterocycles. The SMILES string of the molecule is CC(=O)C1C(c2ccccc2Cl)C2(C(=O)OC(C)(C)OC2=O)C2c3ccccc3C=NN12. The molecule has 3 aliphatic heterocycles. The highest BCUT2D eigenvalue weighted by Gasteiger charge is 2.75. The molecule has 3 unspecified atom stereocenters. The van der Waals surface area contributed by atoms with Crippen LogP contribution in [-0.4, -0.2) is 40.8 Å². The molecule has 3 atom stereocenters. The molecule has 32 heavy (non-hydrogen) atoms. The molecule has 0 radical (unpaired) electrons. The first-order valence-electron chi connectivity index (χ1n) is 10.3. The Morgan fingerprint density at radius 3 is 2.22 bits per heavy atom. The second kappa shape index (κ2) is 6.90. The van der Waals surface area contributed by atoms with E-state index in [9.17, 15) is 14.4 Å². The van der Waals surface area contributed by atoms with E-state index in [-0.39, 0.29) is 5.78 Å². The van der Waals surface area contributed by atoms with E-state index >= 15 is 0 Å². The van der Waals surface area contributed by atoms with Gasteiger partial charge in [-0.25, -0.2) is 0 Å². The Bertz CT molecular complexity index is 1170. The molecule has 0 saturated carbocycles. The minimum Gasteiger partial charge on any atom is -0.422 e. The molecule has 0 aromatic heterocycles. The summed E-state index contributed by atoms with van der Waals surface area (Å²) < 4.78 is 11.3. The average molecular weight is 453 g/mol. The predicted octanol–water partition coefficient (Wildman–Crippen LogP) is 3.61. The summed E-state index contributed by atoms with van der Waals surface area (Å²) in [5.74, 6) is -4.15. The van der Waals surface area contributed by atoms with E-state index in [2.05, 4.69) is 5.10 Å². The Kier molecular flexibility index (Phi) is 4.47. The number of Topliss-reactive ketones (excluding diaryl/α,β-unsaturated/α-hetero) is 1. The van der Waals surface area contributed by atoms with Crippen LogP contribution in [0.25, 0.3) is 0 Å². The number of hydrazone groups is 1. The molecule has 2 saturated heterocycles. The first-order valence-corrected chi connectivity index (χ1v) is 10.7. The Morgan fingerprint density at radius 1 is 1.00 bits per heavy atom. The number of fused-ring (bicyclic) bond motifs is 4. The van der Waals surface area contributed by atoms with Crippen LogP contribution in [0.1, 0.15) is 49.4 Å². The zero-order chi connectivity index (χ0) is 22.8.